The Bertz CT molecular complexity index is 412. The Morgan fingerprint density at radius 3 is 2.62 bits per heavy atom. The molecule has 138 valence electrons. The lowest BCUT2D eigenvalue weighted by Gasteiger charge is -2.35. The Morgan fingerprint density at radius 1 is 1.21 bits per heavy atom. The van der Waals surface area contributed by atoms with Crippen molar-refractivity contribution in [3.05, 3.63) is 0 Å². The van der Waals surface area contributed by atoms with Gasteiger partial charge >= 0.3 is 6.09 Å². The maximum Gasteiger partial charge on any atom is 0.409 e. The van der Waals surface area contributed by atoms with Crippen molar-refractivity contribution in [1.29, 1.82) is 0 Å². The van der Waals surface area contributed by atoms with Crippen LogP contribution >= 0.6 is 0 Å². The summed E-state index contributed by atoms with van der Waals surface area (Å²) < 4.78 is 10.8. The van der Waals surface area contributed by atoms with E-state index in [1.54, 1.807) is 4.90 Å². The number of nitrogens with zero attached hydrogens (tertiary/aromatic N) is 2. The quantitative estimate of drug-likeness (QED) is 0.762. The highest BCUT2D eigenvalue weighted by Crippen LogP contribution is 2.48. The van der Waals surface area contributed by atoms with Crippen molar-refractivity contribution < 1.29 is 19.4 Å². The van der Waals surface area contributed by atoms with Gasteiger partial charge in [0.1, 0.15) is 0 Å². The van der Waals surface area contributed by atoms with Gasteiger partial charge in [0.15, 0.2) is 0 Å². The van der Waals surface area contributed by atoms with Crippen LogP contribution in [0.15, 0.2) is 0 Å². The lowest BCUT2D eigenvalue weighted by atomic mass is 9.90. The van der Waals surface area contributed by atoms with Crippen molar-refractivity contribution in [3.8, 4) is 0 Å². The van der Waals surface area contributed by atoms with Crippen molar-refractivity contribution >= 4 is 6.09 Å². The van der Waals surface area contributed by atoms with Crippen LogP contribution in [0.3, 0.4) is 0 Å². The van der Waals surface area contributed by atoms with Crippen molar-refractivity contribution in [3.63, 3.8) is 0 Å². The topological polar surface area (TPSA) is 62.2 Å². The molecular formula is C18H32N2O4. The molecule has 4 atom stereocenters. The Kier molecular flexibility index (Phi) is 6.36. The zero-order valence-corrected chi connectivity index (χ0v) is 14.9. The number of ether oxygens (including phenoxy) is 2. The maximum atomic E-state index is 11.7. The number of carbonyl (C=O) groups is 1. The molecule has 24 heavy (non-hydrogen) atoms. The minimum absolute atomic E-state index is 0.230. The lowest BCUT2D eigenvalue weighted by Crippen LogP contribution is -2.51. The van der Waals surface area contributed by atoms with Crippen molar-refractivity contribution in [1.82, 2.24) is 9.80 Å². The van der Waals surface area contributed by atoms with Crippen LogP contribution in [-0.2, 0) is 9.47 Å². The highest BCUT2D eigenvalue weighted by atomic mass is 16.6. The van der Waals surface area contributed by atoms with Gasteiger partial charge in [-0.2, -0.15) is 0 Å². The summed E-state index contributed by atoms with van der Waals surface area (Å²) in [7, 11) is 0. The van der Waals surface area contributed by atoms with E-state index >= 15 is 0 Å². The average molecular weight is 340 g/mol. The summed E-state index contributed by atoms with van der Waals surface area (Å²) in [6, 6.07) is 0. The first-order valence-corrected chi connectivity index (χ1v) is 9.55. The Morgan fingerprint density at radius 2 is 2.00 bits per heavy atom. The van der Waals surface area contributed by atoms with E-state index < -0.39 is 6.10 Å². The van der Waals surface area contributed by atoms with Crippen LogP contribution in [0.4, 0.5) is 4.79 Å². The molecule has 3 rings (SSSR count). The van der Waals surface area contributed by atoms with E-state index in [1.807, 2.05) is 6.92 Å². The van der Waals surface area contributed by atoms with Crippen LogP contribution in [0.5, 0.6) is 0 Å². The minimum Gasteiger partial charge on any atom is -0.450 e. The summed E-state index contributed by atoms with van der Waals surface area (Å²) in [5, 5.41) is 10.2. The molecule has 2 aliphatic carbocycles. The van der Waals surface area contributed by atoms with Gasteiger partial charge in [-0.1, -0.05) is 6.42 Å². The van der Waals surface area contributed by atoms with Crippen LogP contribution < -0.4 is 0 Å². The lowest BCUT2D eigenvalue weighted by molar-refractivity contribution is -0.00854. The molecule has 0 aromatic heterocycles. The molecule has 6 heteroatoms. The molecule has 1 amide bonds. The number of hydrogen-bond acceptors (Lipinski definition) is 5. The second-order valence-corrected chi connectivity index (χ2v) is 7.61. The summed E-state index contributed by atoms with van der Waals surface area (Å²) >= 11 is 0. The number of aliphatic hydroxyl groups excluding tert-OH is 1. The highest BCUT2D eigenvalue weighted by Gasteiger charge is 2.39. The molecule has 1 aliphatic heterocycles. The summed E-state index contributed by atoms with van der Waals surface area (Å²) in [5.74, 6) is 2.55. The molecule has 1 N–H and O–H groups in total. The van der Waals surface area contributed by atoms with E-state index in [-0.39, 0.29) is 6.09 Å². The Balaban J connectivity index is 1.27. The first kappa shape index (κ1) is 18.0. The number of fused-ring (bicyclic) bond motifs is 2. The van der Waals surface area contributed by atoms with Gasteiger partial charge in [-0.05, 0) is 43.9 Å². The van der Waals surface area contributed by atoms with Crippen molar-refractivity contribution in [2.24, 2.45) is 17.8 Å². The minimum atomic E-state index is -0.447. The number of aliphatic hydroxyl groups is 1. The largest absolute Gasteiger partial charge is 0.450 e. The molecule has 0 aromatic rings. The Hall–Kier alpha value is -0.850. The molecule has 1 heterocycles. The number of rotatable bonds is 7. The van der Waals surface area contributed by atoms with Crippen LogP contribution in [0.2, 0.25) is 0 Å². The third-order valence-electron chi connectivity index (χ3n) is 5.89. The van der Waals surface area contributed by atoms with Gasteiger partial charge in [0, 0.05) is 39.3 Å². The fourth-order valence-corrected chi connectivity index (χ4v) is 4.61. The van der Waals surface area contributed by atoms with Crippen LogP contribution in [0.25, 0.3) is 0 Å². The van der Waals surface area contributed by atoms with Crippen molar-refractivity contribution in [2.45, 2.75) is 38.7 Å². The SMILES string of the molecule is CCOC(=O)N1CCN(C[C@H](O)COC[C@@H]2C[C@H]3CC[C@H]2C3)CC1. The normalized spacial score (nSPS) is 31.4. The summed E-state index contributed by atoms with van der Waals surface area (Å²) in [4.78, 5) is 15.6. The molecule has 0 unspecified atom stereocenters. The van der Waals surface area contributed by atoms with E-state index in [9.17, 15) is 9.90 Å². The number of carbonyl (C=O) groups excluding carboxylic acids is 1. The van der Waals surface area contributed by atoms with Crippen LogP contribution in [0, 0.1) is 17.8 Å². The second-order valence-electron chi connectivity index (χ2n) is 7.61. The van der Waals surface area contributed by atoms with Gasteiger partial charge in [0.25, 0.3) is 0 Å². The van der Waals surface area contributed by atoms with E-state index in [0.29, 0.717) is 32.8 Å². The first-order chi connectivity index (χ1) is 11.7. The molecule has 0 aromatic carbocycles. The maximum absolute atomic E-state index is 11.7. The van der Waals surface area contributed by atoms with E-state index in [1.165, 1.54) is 25.7 Å². The predicted octanol–water partition coefficient (Wildman–Crippen LogP) is 1.57. The molecule has 0 radical (unpaired) electrons. The standard InChI is InChI=1S/C18H32N2O4/c1-2-24-18(22)20-7-5-19(6-8-20)11-17(21)13-23-12-16-10-14-3-4-15(16)9-14/h14-17,21H,2-13H2,1H3/t14-,15-,16-,17-/m0/s1. The predicted molar refractivity (Wildman–Crippen MR) is 90.8 cm³/mol. The smallest absolute Gasteiger partial charge is 0.409 e. The van der Waals surface area contributed by atoms with Gasteiger partial charge in [-0.3, -0.25) is 4.90 Å². The van der Waals surface area contributed by atoms with Gasteiger partial charge in [0.05, 0.1) is 19.3 Å². The molecule has 2 bridgehead atoms. The third kappa shape index (κ3) is 4.61. The van der Waals surface area contributed by atoms with Gasteiger partial charge in [-0.25, -0.2) is 4.79 Å². The molecule has 3 aliphatic rings. The average Bonchev–Trinajstić information content (AvgIpc) is 3.18. The fraction of sp³-hybridized carbons (Fsp3) is 0.944. The fourth-order valence-electron chi connectivity index (χ4n) is 4.61. The number of amides is 1. The van der Waals surface area contributed by atoms with Gasteiger partial charge in [0.2, 0.25) is 0 Å². The third-order valence-corrected chi connectivity index (χ3v) is 5.89. The molecule has 2 saturated carbocycles. The monoisotopic (exact) mass is 340 g/mol. The second kappa shape index (κ2) is 8.50. The Labute approximate surface area is 145 Å². The highest BCUT2D eigenvalue weighted by molar-refractivity contribution is 5.67. The molecule has 6 nitrogen and oxygen atoms in total. The zero-order valence-electron chi connectivity index (χ0n) is 14.9. The van der Waals surface area contributed by atoms with E-state index in [2.05, 4.69) is 4.90 Å². The van der Waals surface area contributed by atoms with Crippen LogP contribution in [-0.4, -0.2) is 79.6 Å². The van der Waals surface area contributed by atoms with Crippen LogP contribution in [0.1, 0.15) is 32.6 Å². The molecule has 3 fully saturated rings. The van der Waals surface area contributed by atoms with Gasteiger partial charge in [-0.15, -0.1) is 0 Å². The summed E-state index contributed by atoms with van der Waals surface area (Å²) in [6.45, 7) is 6.98. The first-order valence-electron chi connectivity index (χ1n) is 9.55. The van der Waals surface area contributed by atoms with E-state index in [4.69, 9.17) is 9.47 Å². The molecule has 1 saturated heterocycles. The molecule has 0 spiro atoms. The number of piperazine rings is 1. The number of β-amino-alcohol motifs (C(OH)–C–C–N with tert-alkyl or cyclic N) is 1. The summed E-state index contributed by atoms with van der Waals surface area (Å²) in [6.07, 6.45) is 4.86. The van der Waals surface area contributed by atoms with Crippen molar-refractivity contribution in [2.75, 3.05) is 52.5 Å². The zero-order chi connectivity index (χ0) is 16.9. The number of hydrogen-bond donors (Lipinski definition) is 1. The summed E-state index contributed by atoms with van der Waals surface area (Å²) in [5.41, 5.74) is 0. The van der Waals surface area contributed by atoms with Gasteiger partial charge < -0.3 is 19.5 Å². The molecular weight excluding hydrogens is 308 g/mol. The van der Waals surface area contributed by atoms with E-state index in [0.717, 1.165) is 37.5 Å².